The van der Waals surface area contributed by atoms with Crippen LogP contribution in [0.1, 0.15) is 32.6 Å². The average molecular weight is 579 g/mol. The van der Waals surface area contributed by atoms with Crippen molar-refractivity contribution >= 4 is 29.6 Å². The molecule has 3 fully saturated rings. The van der Waals surface area contributed by atoms with Crippen LogP contribution in [0, 0.1) is 0 Å². The van der Waals surface area contributed by atoms with Crippen LogP contribution >= 0.6 is 11.8 Å². The van der Waals surface area contributed by atoms with Gasteiger partial charge in [0.05, 0.1) is 51.7 Å². The van der Waals surface area contributed by atoms with Gasteiger partial charge in [0.25, 0.3) is 0 Å². The van der Waals surface area contributed by atoms with Crippen LogP contribution in [0.25, 0.3) is 0 Å². The number of urea groups is 1. The van der Waals surface area contributed by atoms with E-state index < -0.39 is 43.2 Å². The summed E-state index contributed by atoms with van der Waals surface area (Å²) in [6.07, 6.45) is -1.65. The van der Waals surface area contributed by atoms with Crippen LogP contribution in [-0.4, -0.2) is 133 Å². The quantitative estimate of drug-likeness (QED) is 0.0732. The molecule has 14 nitrogen and oxygen atoms in total. The highest BCUT2D eigenvalue weighted by Crippen LogP contribution is 2.33. The minimum atomic E-state index is -1.37. The molecule has 0 spiro atoms. The molecule has 0 aromatic heterocycles. The lowest BCUT2D eigenvalue weighted by Gasteiger charge is -2.42. The number of thioether (sulfide) groups is 1. The maximum Gasteiger partial charge on any atom is 0.315 e. The Balaban J connectivity index is 1.14. The highest BCUT2D eigenvalue weighted by Gasteiger charge is 2.45. The van der Waals surface area contributed by atoms with E-state index in [0.717, 1.165) is 25.0 Å². The molecular formula is C24H42N4O10S. The van der Waals surface area contributed by atoms with Crippen molar-refractivity contribution in [1.29, 1.82) is 0 Å². The summed E-state index contributed by atoms with van der Waals surface area (Å²) >= 11 is 1.88. The molecule has 0 bridgehead atoms. The van der Waals surface area contributed by atoms with Gasteiger partial charge in [0, 0.05) is 30.9 Å². The maximum absolute atomic E-state index is 12.0. The zero-order valence-corrected chi connectivity index (χ0v) is 23.0. The molecule has 0 aromatic carbocycles. The Hall–Kier alpha value is -1.72. The summed E-state index contributed by atoms with van der Waals surface area (Å²) in [6.45, 7) is 2.43. The number of hydrogen-bond acceptors (Lipinski definition) is 11. The second-order valence-corrected chi connectivity index (χ2v) is 11.0. The molecule has 224 valence electrons. The average Bonchev–Trinajstić information content (AvgIpc) is 3.45. The molecule has 3 heterocycles. The van der Waals surface area contributed by atoms with Gasteiger partial charge in [-0.2, -0.15) is 11.8 Å². The zero-order valence-electron chi connectivity index (χ0n) is 22.2. The van der Waals surface area contributed by atoms with Crippen LogP contribution in [0.5, 0.6) is 0 Å². The number of rotatable bonds is 17. The zero-order chi connectivity index (χ0) is 28.2. The number of ether oxygens (including phenoxy) is 4. The molecule has 15 heteroatoms. The largest absolute Gasteiger partial charge is 0.394 e. The van der Waals surface area contributed by atoms with Crippen molar-refractivity contribution in [3.8, 4) is 0 Å². The molecule has 0 aromatic rings. The van der Waals surface area contributed by atoms with Gasteiger partial charge in [0.1, 0.15) is 24.4 Å². The van der Waals surface area contributed by atoms with Crippen LogP contribution in [-0.2, 0) is 28.5 Å². The van der Waals surface area contributed by atoms with Crippen molar-refractivity contribution < 1.29 is 48.7 Å². The molecule has 3 aliphatic heterocycles. The second kappa shape index (κ2) is 16.5. The van der Waals surface area contributed by atoms with Crippen LogP contribution < -0.4 is 21.3 Å². The van der Waals surface area contributed by atoms with Crippen LogP contribution in [0.3, 0.4) is 0 Å². The van der Waals surface area contributed by atoms with E-state index in [1.54, 1.807) is 0 Å². The first-order valence-corrected chi connectivity index (χ1v) is 14.5. The van der Waals surface area contributed by atoms with Gasteiger partial charge in [-0.05, 0) is 12.8 Å². The van der Waals surface area contributed by atoms with E-state index in [2.05, 4.69) is 21.3 Å². The van der Waals surface area contributed by atoms with Crippen LogP contribution in [0.2, 0.25) is 0 Å². The highest BCUT2D eigenvalue weighted by atomic mass is 32.2. The molecule has 3 rings (SSSR count). The summed E-state index contributed by atoms with van der Waals surface area (Å²) in [4.78, 5) is 34.9. The Labute approximate surface area is 232 Å². The summed E-state index contributed by atoms with van der Waals surface area (Å²) in [5.74, 6) is 0.501. The van der Waals surface area contributed by atoms with Gasteiger partial charge < -0.3 is 55.5 Å². The molecule has 3 aliphatic rings. The first-order valence-electron chi connectivity index (χ1n) is 13.4. The lowest BCUT2D eigenvalue weighted by atomic mass is 9.97. The van der Waals surface area contributed by atoms with Gasteiger partial charge in [0.2, 0.25) is 11.8 Å². The predicted octanol–water partition coefficient (Wildman–Crippen LogP) is -2.18. The normalized spacial score (nSPS) is 31.8. The number of aliphatic hydroxyl groups excluding tert-OH is 3. The van der Waals surface area contributed by atoms with E-state index in [4.69, 9.17) is 18.9 Å². The standard InChI is InChI=1S/C24H42N4O10S/c1-14(30)26-20-22(33)21(32)16(12-29)38-23(20)37-11-10-36-9-8-35-7-6-25-18(31)5-3-2-4-17-19-15(13-39-17)27-24(34)28-19/h15-17,19-23,29,32-33H,2-13H2,1H3,(H,25,31)(H,26,30)(H2,27,28,34)/t15-,16?,17-,19-,20?,21+,22?,23-/m0/s1. The topological polar surface area (TPSA) is 197 Å². The van der Waals surface area contributed by atoms with Gasteiger partial charge in [-0.25, -0.2) is 4.79 Å². The third-order valence-electron chi connectivity index (χ3n) is 6.78. The van der Waals surface area contributed by atoms with E-state index in [9.17, 15) is 29.7 Å². The van der Waals surface area contributed by atoms with E-state index in [1.807, 2.05) is 11.8 Å². The first-order chi connectivity index (χ1) is 18.8. The van der Waals surface area contributed by atoms with E-state index in [1.165, 1.54) is 6.92 Å². The predicted molar refractivity (Wildman–Crippen MR) is 140 cm³/mol. The van der Waals surface area contributed by atoms with Gasteiger partial charge in [0.15, 0.2) is 6.29 Å². The number of nitrogens with one attached hydrogen (secondary N) is 4. The summed E-state index contributed by atoms with van der Waals surface area (Å²) in [5, 5.41) is 41.2. The molecule has 3 saturated heterocycles. The number of aliphatic hydroxyl groups is 3. The highest BCUT2D eigenvalue weighted by molar-refractivity contribution is 8.00. The minimum Gasteiger partial charge on any atom is -0.394 e. The Bertz CT molecular complexity index is 796. The fourth-order valence-corrected chi connectivity index (χ4v) is 6.33. The monoisotopic (exact) mass is 578 g/mol. The smallest absolute Gasteiger partial charge is 0.315 e. The molecule has 0 saturated carbocycles. The molecule has 8 atom stereocenters. The minimum absolute atomic E-state index is 0.0108. The summed E-state index contributed by atoms with van der Waals surface area (Å²) in [5.41, 5.74) is 0. The van der Waals surface area contributed by atoms with E-state index in [0.29, 0.717) is 38.0 Å². The van der Waals surface area contributed by atoms with Gasteiger partial charge in [-0.15, -0.1) is 0 Å². The molecule has 0 radical (unpaired) electrons. The lowest BCUT2D eigenvalue weighted by Crippen LogP contribution is -2.64. The Morgan fingerprint density at radius 3 is 2.56 bits per heavy atom. The third-order valence-corrected chi connectivity index (χ3v) is 8.29. The number of amides is 4. The van der Waals surface area contributed by atoms with Crippen LogP contribution in [0.15, 0.2) is 0 Å². The van der Waals surface area contributed by atoms with Crippen molar-refractivity contribution in [3.63, 3.8) is 0 Å². The summed E-state index contributed by atoms with van der Waals surface area (Å²) in [7, 11) is 0. The number of carbonyl (C=O) groups excluding carboxylic acids is 3. The molecule has 39 heavy (non-hydrogen) atoms. The van der Waals surface area contributed by atoms with E-state index in [-0.39, 0.29) is 37.2 Å². The maximum atomic E-state index is 12.0. The van der Waals surface area contributed by atoms with Crippen molar-refractivity contribution in [2.45, 2.75) is 80.6 Å². The number of hydrogen-bond donors (Lipinski definition) is 7. The number of carbonyl (C=O) groups is 3. The van der Waals surface area contributed by atoms with Crippen LogP contribution in [0.4, 0.5) is 4.79 Å². The summed E-state index contributed by atoms with van der Waals surface area (Å²) in [6, 6.07) is -0.656. The van der Waals surface area contributed by atoms with E-state index >= 15 is 0 Å². The Morgan fingerprint density at radius 2 is 1.82 bits per heavy atom. The lowest BCUT2D eigenvalue weighted by molar-refractivity contribution is -0.272. The fourth-order valence-electron chi connectivity index (χ4n) is 4.78. The molecular weight excluding hydrogens is 536 g/mol. The fraction of sp³-hybridized carbons (Fsp3) is 0.875. The Morgan fingerprint density at radius 1 is 1.08 bits per heavy atom. The SMILES string of the molecule is CC(=O)NC1C(O)[C@H](O)C(CO)O[C@@H]1OCCOCCOCCNC(=O)CCCC[C@@H]1SC[C@@H]2NC(=O)N[C@@H]21. The van der Waals surface area contributed by atoms with Crippen molar-refractivity contribution in [2.24, 2.45) is 0 Å². The third kappa shape index (κ3) is 10.0. The van der Waals surface area contributed by atoms with Crippen molar-refractivity contribution in [2.75, 3.05) is 51.9 Å². The van der Waals surface area contributed by atoms with Gasteiger partial charge in [-0.3, -0.25) is 9.59 Å². The number of unbranched alkanes of at least 4 members (excludes halogenated alkanes) is 1. The molecule has 3 unspecified atom stereocenters. The molecule has 7 N–H and O–H groups in total. The number of fused-ring (bicyclic) bond motifs is 1. The first kappa shape index (κ1) is 31.8. The van der Waals surface area contributed by atoms with Crippen molar-refractivity contribution in [1.82, 2.24) is 21.3 Å². The second-order valence-electron chi connectivity index (χ2n) is 9.75. The van der Waals surface area contributed by atoms with Gasteiger partial charge >= 0.3 is 6.03 Å². The molecule has 4 amide bonds. The summed E-state index contributed by atoms with van der Waals surface area (Å²) < 4.78 is 21.9. The van der Waals surface area contributed by atoms with Gasteiger partial charge in [-0.1, -0.05) is 6.42 Å². The van der Waals surface area contributed by atoms with Crippen molar-refractivity contribution in [3.05, 3.63) is 0 Å². The molecule has 0 aliphatic carbocycles. The Kier molecular flexibility index (Phi) is 13.5.